The Labute approximate surface area is 164 Å². The standard InChI is InChI=1S/C20H22F6N2O/c21-19(22,23)15-7-3-6-13-14(10-17(20(24,25)26)28-18(13)15)16(29)11-27-9-8-12-4-1-2-5-12/h3,6-7,10,12,16,27,29H,1-2,4-5,8-9,11H2. The number of halogens is 6. The number of alkyl halides is 6. The Hall–Kier alpha value is -1.87. The van der Waals surface area contributed by atoms with Gasteiger partial charge in [-0.25, -0.2) is 4.98 Å². The van der Waals surface area contributed by atoms with Gasteiger partial charge in [0, 0.05) is 11.9 Å². The molecule has 1 unspecified atom stereocenters. The van der Waals surface area contributed by atoms with E-state index in [1.807, 2.05) is 0 Å². The average Bonchev–Trinajstić information content (AvgIpc) is 3.15. The van der Waals surface area contributed by atoms with Crippen molar-refractivity contribution in [3.8, 4) is 0 Å². The molecule has 3 rings (SSSR count). The predicted octanol–water partition coefficient (Wildman–Crippen LogP) is 5.48. The summed E-state index contributed by atoms with van der Waals surface area (Å²) in [6, 6.07) is 3.66. The molecule has 1 aromatic heterocycles. The third kappa shape index (κ3) is 5.19. The minimum Gasteiger partial charge on any atom is -0.387 e. The number of nitrogens with one attached hydrogen (secondary N) is 1. The van der Waals surface area contributed by atoms with Crippen LogP contribution in [0.1, 0.15) is 55.0 Å². The average molecular weight is 420 g/mol. The molecular weight excluding hydrogens is 398 g/mol. The quantitative estimate of drug-likeness (QED) is 0.481. The second-order valence-electron chi connectivity index (χ2n) is 7.45. The monoisotopic (exact) mass is 420 g/mol. The molecule has 1 aliphatic rings. The molecule has 0 spiro atoms. The molecule has 1 saturated carbocycles. The second-order valence-corrected chi connectivity index (χ2v) is 7.45. The number of hydrogen-bond donors (Lipinski definition) is 2. The molecule has 1 atom stereocenters. The summed E-state index contributed by atoms with van der Waals surface area (Å²) in [7, 11) is 0. The Balaban J connectivity index is 1.88. The lowest BCUT2D eigenvalue weighted by Crippen LogP contribution is -2.24. The highest BCUT2D eigenvalue weighted by molar-refractivity contribution is 5.86. The number of benzene rings is 1. The van der Waals surface area contributed by atoms with Crippen LogP contribution in [0.15, 0.2) is 24.3 Å². The summed E-state index contributed by atoms with van der Waals surface area (Å²) in [5, 5.41) is 13.3. The Morgan fingerprint density at radius 1 is 1.07 bits per heavy atom. The van der Waals surface area contributed by atoms with Gasteiger partial charge in [0.25, 0.3) is 0 Å². The van der Waals surface area contributed by atoms with E-state index in [2.05, 4.69) is 10.3 Å². The number of aromatic nitrogens is 1. The normalized spacial score (nSPS) is 17.2. The van der Waals surface area contributed by atoms with Crippen LogP contribution in [0.2, 0.25) is 0 Å². The van der Waals surface area contributed by atoms with E-state index < -0.39 is 35.2 Å². The Kier molecular flexibility index (Phi) is 6.38. The van der Waals surface area contributed by atoms with Gasteiger partial charge in [0.05, 0.1) is 17.2 Å². The largest absolute Gasteiger partial charge is 0.433 e. The third-order valence-electron chi connectivity index (χ3n) is 5.37. The fraction of sp³-hybridized carbons (Fsp3) is 0.550. The van der Waals surface area contributed by atoms with E-state index in [0.29, 0.717) is 24.6 Å². The van der Waals surface area contributed by atoms with Crippen molar-refractivity contribution in [2.75, 3.05) is 13.1 Å². The van der Waals surface area contributed by atoms with Gasteiger partial charge in [-0.3, -0.25) is 0 Å². The maximum absolute atomic E-state index is 13.3. The van der Waals surface area contributed by atoms with E-state index in [0.717, 1.165) is 25.3 Å². The Morgan fingerprint density at radius 2 is 1.76 bits per heavy atom. The molecule has 9 heteroatoms. The maximum atomic E-state index is 13.3. The summed E-state index contributed by atoms with van der Waals surface area (Å²) in [6.07, 6.45) is -5.61. The lowest BCUT2D eigenvalue weighted by molar-refractivity contribution is -0.142. The van der Waals surface area contributed by atoms with Crippen LogP contribution in [-0.4, -0.2) is 23.2 Å². The van der Waals surface area contributed by atoms with Crippen LogP contribution in [0.3, 0.4) is 0 Å². The van der Waals surface area contributed by atoms with Gasteiger partial charge in [0.2, 0.25) is 0 Å². The molecular formula is C20H22F6N2O. The van der Waals surface area contributed by atoms with Crippen LogP contribution in [0, 0.1) is 5.92 Å². The van der Waals surface area contributed by atoms with Crippen LogP contribution in [-0.2, 0) is 12.4 Å². The minimum atomic E-state index is -4.93. The van der Waals surface area contributed by atoms with Gasteiger partial charge in [0.1, 0.15) is 5.69 Å². The molecule has 2 aromatic rings. The minimum absolute atomic E-state index is 0.0562. The van der Waals surface area contributed by atoms with E-state index in [1.165, 1.54) is 18.9 Å². The first-order chi connectivity index (χ1) is 13.6. The number of aliphatic hydroxyl groups is 1. The van der Waals surface area contributed by atoms with Crippen molar-refractivity contribution in [1.29, 1.82) is 0 Å². The molecule has 1 aromatic carbocycles. The molecule has 0 saturated heterocycles. The van der Waals surface area contributed by atoms with Crippen molar-refractivity contribution < 1.29 is 31.4 Å². The predicted molar refractivity (Wildman–Crippen MR) is 96.2 cm³/mol. The highest BCUT2D eigenvalue weighted by atomic mass is 19.4. The fourth-order valence-electron chi connectivity index (χ4n) is 3.88. The maximum Gasteiger partial charge on any atom is 0.433 e. The van der Waals surface area contributed by atoms with Gasteiger partial charge < -0.3 is 10.4 Å². The first-order valence-corrected chi connectivity index (χ1v) is 9.54. The number of nitrogens with zero attached hydrogens (tertiary/aromatic N) is 1. The summed E-state index contributed by atoms with van der Waals surface area (Å²) in [5.74, 6) is 0.604. The summed E-state index contributed by atoms with van der Waals surface area (Å²) in [6.45, 7) is 0.532. The smallest absolute Gasteiger partial charge is 0.387 e. The first-order valence-electron chi connectivity index (χ1n) is 9.54. The van der Waals surface area contributed by atoms with Crippen LogP contribution >= 0.6 is 0 Å². The van der Waals surface area contributed by atoms with E-state index >= 15 is 0 Å². The first kappa shape index (κ1) is 21.8. The molecule has 0 aliphatic heterocycles. The zero-order valence-corrected chi connectivity index (χ0v) is 15.6. The molecule has 29 heavy (non-hydrogen) atoms. The number of pyridine rings is 1. The van der Waals surface area contributed by atoms with E-state index in [4.69, 9.17) is 0 Å². The van der Waals surface area contributed by atoms with Crippen molar-refractivity contribution in [3.63, 3.8) is 0 Å². The lowest BCUT2D eigenvalue weighted by atomic mass is 9.99. The van der Waals surface area contributed by atoms with Gasteiger partial charge in [-0.1, -0.05) is 37.8 Å². The summed E-state index contributed by atoms with van der Waals surface area (Å²) < 4.78 is 79.5. The molecule has 1 fully saturated rings. The highest BCUT2D eigenvalue weighted by Gasteiger charge is 2.37. The topological polar surface area (TPSA) is 45.1 Å². The Bertz CT molecular complexity index is 843. The number of fused-ring (bicyclic) bond motifs is 1. The van der Waals surface area contributed by atoms with Crippen molar-refractivity contribution in [2.24, 2.45) is 5.92 Å². The van der Waals surface area contributed by atoms with E-state index in [-0.39, 0.29) is 17.5 Å². The van der Waals surface area contributed by atoms with Gasteiger partial charge in [-0.2, -0.15) is 26.3 Å². The molecule has 1 aliphatic carbocycles. The molecule has 0 bridgehead atoms. The zero-order chi connectivity index (χ0) is 21.2. The molecule has 0 amide bonds. The van der Waals surface area contributed by atoms with Crippen LogP contribution in [0.25, 0.3) is 10.9 Å². The lowest BCUT2D eigenvalue weighted by Gasteiger charge is -2.19. The van der Waals surface area contributed by atoms with Crippen molar-refractivity contribution in [1.82, 2.24) is 10.3 Å². The van der Waals surface area contributed by atoms with Gasteiger partial charge in [0.15, 0.2) is 0 Å². The second kappa shape index (κ2) is 8.47. The van der Waals surface area contributed by atoms with E-state index in [9.17, 15) is 31.4 Å². The number of hydrogen-bond acceptors (Lipinski definition) is 3. The van der Waals surface area contributed by atoms with Gasteiger partial charge in [-0.15, -0.1) is 0 Å². The molecule has 0 radical (unpaired) electrons. The zero-order valence-electron chi connectivity index (χ0n) is 15.6. The van der Waals surface area contributed by atoms with Crippen molar-refractivity contribution >= 4 is 10.9 Å². The van der Waals surface area contributed by atoms with Crippen molar-refractivity contribution in [3.05, 3.63) is 41.1 Å². The summed E-state index contributed by atoms with van der Waals surface area (Å²) >= 11 is 0. The highest BCUT2D eigenvalue weighted by Crippen LogP contribution is 2.38. The third-order valence-corrected chi connectivity index (χ3v) is 5.37. The number of para-hydroxylation sites is 1. The molecule has 2 N–H and O–H groups in total. The van der Waals surface area contributed by atoms with Crippen LogP contribution in [0.4, 0.5) is 26.3 Å². The SMILES string of the molecule is OC(CNCCC1CCCC1)c1cc(C(F)(F)F)nc2c(C(F)(F)F)cccc12. The van der Waals surface area contributed by atoms with Crippen LogP contribution < -0.4 is 5.32 Å². The molecule has 160 valence electrons. The van der Waals surface area contributed by atoms with Gasteiger partial charge in [-0.05, 0) is 36.6 Å². The summed E-state index contributed by atoms with van der Waals surface area (Å²) in [5.41, 5.74) is -3.75. The number of aliphatic hydroxyl groups excluding tert-OH is 1. The van der Waals surface area contributed by atoms with Crippen LogP contribution in [0.5, 0.6) is 0 Å². The van der Waals surface area contributed by atoms with Crippen molar-refractivity contribution in [2.45, 2.75) is 50.6 Å². The molecule has 3 nitrogen and oxygen atoms in total. The fourth-order valence-corrected chi connectivity index (χ4v) is 3.88. The van der Waals surface area contributed by atoms with E-state index in [1.54, 1.807) is 0 Å². The molecule has 1 heterocycles. The Morgan fingerprint density at radius 3 is 2.38 bits per heavy atom. The van der Waals surface area contributed by atoms with Gasteiger partial charge >= 0.3 is 12.4 Å². The summed E-state index contributed by atoms with van der Waals surface area (Å²) in [4.78, 5) is 3.23. The number of rotatable bonds is 6.